The predicted octanol–water partition coefficient (Wildman–Crippen LogP) is 2.23. The van der Waals surface area contributed by atoms with E-state index in [1.54, 1.807) is 41.1 Å². The Morgan fingerprint density at radius 2 is 1.92 bits per heavy atom. The summed E-state index contributed by atoms with van der Waals surface area (Å²) in [4.78, 5) is 32.1. The van der Waals surface area contributed by atoms with Gasteiger partial charge in [0.05, 0.1) is 30.0 Å². The van der Waals surface area contributed by atoms with Gasteiger partial charge in [-0.05, 0) is 55.2 Å². The maximum atomic E-state index is 13.5. The largest absolute Gasteiger partial charge is 0.392 e. The number of rotatable bonds is 9. The molecule has 4 rings (SSSR count). The van der Waals surface area contributed by atoms with Crippen molar-refractivity contribution < 1.29 is 23.1 Å². The molecule has 1 unspecified atom stereocenters. The molecule has 1 saturated heterocycles. The third-order valence-electron chi connectivity index (χ3n) is 7.25. The highest BCUT2D eigenvalue weighted by atomic mass is 32.2. The number of aliphatic hydroxyl groups excluding tert-OH is 1. The molecule has 0 aliphatic carbocycles. The van der Waals surface area contributed by atoms with Crippen molar-refractivity contribution in [3.63, 3.8) is 0 Å². The number of likely N-dealkylation sites (N-methyl/N-ethyl adjacent to an activating group) is 1. The Kier molecular flexibility index (Phi) is 8.20. The molecule has 2 amide bonds. The number of likely N-dealkylation sites (tertiary alicyclic amines) is 1. The summed E-state index contributed by atoms with van der Waals surface area (Å²) in [5, 5.41) is 10.1. The number of sulfonamides is 1. The zero-order valence-corrected chi connectivity index (χ0v) is 22.5. The Morgan fingerprint density at radius 1 is 1.16 bits per heavy atom. The third-order valence-corrected chi connectivity index (χ3v) is 8.47. The highest BCUT2D eigenvalue weighted by Gasteiger charge is 2.29. The van der Waals surface area contributed by atoms with Gasteiger partial charge in [-0.15, -0.1) is 0 Å². The summed E-state index contributed by atoms with van der Waals surface area (Å²) in [6, 6.07) is 12.4. The van der Waals surface area contributed by atoms with Crippen LogP contribution in [0, 0.1) is 0 Å². The van der Waals surface area contributed by atoms with Crippen LogP contribution in [0.2, 0.25) is 0 Å². The summed E-state index contributed by atoms with van der Waals surface area (Å²) < 4.78 is 26.3. The highest BCUT2D eigenvalue weighted by Crippen LogP contribution is 2.29. The highest BCUT2D eigenvalue weighted by molar-refractivity contribution is 7.92. The Balaban J connectivity index is 1.57. The maximum Gasteiger partial charge on any atom is 0.253 e. The van der Waals surface area contributed by atoms with Gasteiger partial charge in [0.1, 0.15) is 0 Å². The molecule has 2 N–H and O–H groups in total. The van der Waals surface area contributed by atoms with Gasteiger partial charge in [-0.1, -0.05) is 24.3 Å². The normalized spacial score (nSPS) is 19.2. The van der Waals surface area contributed by atoms with Crippen LogP contribution in [-0.2, 0) is 27.0 Å². The van der Waals surface area contributed by atoms with Crippen molar-refractivity contribution in [2.75, 3.05) is 44.5 Å². The minimum Gasteiger partial charge on any atom is -0.392 e. The summed E-state index contributed by atoms with van der Waals surface area (Å²) >= 11 is 0. The Hall–Kier alpha value is -2.95. The van der Waals surface area contributed by atoms with Crippen LogP contribution in [0.4, 0.5) is 5.69 Å². The summed E-state index contributed by atoms with van der Waals surface area (Å²) in [5.41, 5.74) is 3.39. The van der Waals surface area contributed by atoms with Gasteiger partial charge in [-0.2, -0.15) is 0 Å². The molecule has 2 aliphatic heterocycles. The van der Waals surface area contributed by atoms with Gasteiger partial charge in [0.25, 0.3) is 5.91 Å². The van der Waals surface area contributed by atoms with E-state index in [0.29, 0.717) is 49.4 Å². The second-order valence-electron chi connectivity index (χ2n) is 9.85. The summed E-state index contributed by atoms with van der Waals surface area (Å²) in [6.07, 6.45) is 0.422. The number of nitrogens with zero attached hydrogens (tertiary/aromatic N) is 3. The van der Waals surface area contributed by atoms with Gasteiger partial charge in [0.2, 0.25) is 15.9 Å². The van der Waals surface area contributed by atoms with E-state index in [0.717, 1.165) is 17.7 Å². The monoisotopic (exact) mass is 528 g/mol. The molecule has 0 bridgehead atoms. The van der Waals surface area contributed by atoms with E-state index < -0.39 is 10.0 Å². The number of anilines is 1. The summed E-state index contributed by atoms with van der Waals surface area (Å²) in [7, 11) is -1.60. The van der Waals surface area contributed by atoms with Crippen molar-refractivity contribution in [1.82, 2.24) is 14.7 Å². The molecule has 2 heterocycles. The lowest BCUT2D eigenvalue weighted by atomic mass is 10.0. The van der Waals surface area contributed by atoms with Crippen molar-refractivity contribution in [2.24, 2.45) is 0 Å². The summed E-state index contributed by atoms with van der Waals surface area (Å²) in [6.45, 7) is 6.94. The van der Waals surface area contributed by atoms with E-state index >= 15 is 0 Å². The molecular weight excluding hydrogens is 492 g/mol. The lowest BCUT2D eigenvalue weighted by Crippen LogP contribution is -2.39. The molecule has 9 nitrogen and oxygen atoms in total. The average molecular weight is 529 g/mol. The van der Waals surface area contributed by atoms with E-state index in [1.807, 2.05) is 32.0 Å². The van der Waals surface area contributed by atoms with Crippen molar-refractivity contribution in [3.8, 4) is 0 Å². The second kappa shape index (κ2) is 11.2. The van der Waals surface area contributed by atoms with Crippen LogP contribution >= 0.6 is 0 Å². The summed E-state index contributed by atoms with van der Waals surface area (Å²) in [5.74, 6) is -0.217. The first-order valence-corrected chi connectivity index (χ1v) is 14.4. The van der Waals surface area contributed by atoms with E-state index in [-0.39, 0.29) is 36.1 Å². The fourth-order valence-electron chi connectivity index (χ4n) is 5.08. The van der Waals surface area contributed by atoms with Crippen LogP contribution in [-0.4, -0.2) is 85.9 Å². The first kappa shape index (κ1) is 27.1. The molecule has 200 valence electrons. The fourth-order valence-corrected chi connectivity index (χ4v) is 6.34. The SMILES string of the molecule is CCN(CC)C(=O)c1cccc(C(CN2CC[C@H](O)C2)N(C)C(=O)Cc2ccc3c(c2)NS(=O)(=O)C3)c1. The van der Waals surface area contributed by atoms with Crippen LogP contribution in [0.3, 0.4) is 0 Å². The van der Waals surface area contributed by atoms with E-state index in [4.69, 9.17) is 0 Å². The smallest absolute Gasteiger partial charge is 0.253 e. The molecule has 0 aromatic heterocycles. The molecule has 37 heavy (non-hydrogen) atoms. The number of β-amino-alcohol motifs (C(OH)–C–C–N with tert-alkyl or cyclic N) is 1. The van der Waals surface area contributed by atoms with Gasteiger partial charge in [-0.3, -0.25) is 19.2 Å². The van der Waals surface area contributed by atoms with Crippen LogP contribution in [0.25, 0.3) is 0 Å². The molecule has 2 aliphatic rings. The molecule has 2 aromatic rings. The van der Waals surface area contributed by atoms with Crippen LogP contribution in [0.15, 0.2) is 42.5 Å². The number of carbonyl (C=O) groups excluding carboxylic acids is 2. The lowest BCUT2D eigenvalue weighted by molar-refractivity contribution is -0.131. The topological polar surface area (TPSA) is 110 Å². The molecule has 2 atom stereocenters. The van der Waals surface area contributed by atoms with Gasteiger partial charge >= 0.3 is 0 Å². The number of nitrogens with one attached hydrogen (secondary N) is 1. The zero-order valence-electron chi connectivity index (χ0n) is 21.7. The number of hydrogen-bond acceptors (Lipinski definition) is 6. The van der Waals surface area contributed by atoms with Crippen molar-refractivity contribution in [3.05, 3.63) is 64.7 Å². The molecule has 0 spiro atoms. The number of carbonyl (C=O) groups is 2. The van der Waals surface area contributed by atoms with Crippen LogP contribution in [0.1, 0.15) is 53.4 Å². The van der Waals surface area contributed by atoms with Crippen molar-refractivity contribution in [2.45, 2.75) is 44.6 Å². The van der Waals surface area contributed by atoms with Gasteiger partial charge in [-0.25, -0.2) is 8.42 Å². The Bertz CT molecular complexity index is 1260. The Morgan fingerprint density at radius 3 is 2.59 bits per heavy atom. The van der Waals surface area contributed by atoms with Crippen LogP contribution < -0.4 is 4.72 Å². The minimum absolute atomic E-state index is 0.0447. The minimum atomic E-state index is -3.36. The average Bonchev–Trinajstić information content (AvgIpc) is 3.42. The van der Waals surface area contributed by atoms with E-state index in [2.05, 4.69) is 9.62 Å². The lowest BCUT2D eigenvalue weighted by Gasteiger charge is -2.32. The maximum absolute atomic E-state index is 13.5. The molecule has 2 aromatic carbocycles. The van der Waals surface area contributed by atoms with Gasteiger partial charge in [0, 0.05) is 45.3 Å². The van der Waals surface area contributed by atoms with Crippen molar-refractivity contribution >= 4 is 27.5 Å². The zero-order chi connectivity index (χ0) is 26.7. The number of fused-ring (bicyclic) bond motifs is 1. The van der Waals surface area contributed by atoms with Gasteiger partial charge < -0.3 is 14.9 Å². The second-order valence-corrected chi connectivity index (χ2v) is 11.6. The first-order valence-electron chi connectivity index (χ1n) is 12.8. The first-order chi connectivity index (χ1) is 17.6. The van der Waals surface area contributed by atoms with E-state index in [9.17, 15) is 23.1 Å². The molecule has 0 radical (unpaired) electrons. The molecular formula is C27H36N4O5S. The molecule has 1 fully saturated rings. The van der Waals surface area contributed by atoms with Gasteiger partial charge in [0.15, 0.2) is 0 Å². The van der Waals surface area contributed by atoms with Crippen molar-refractivity contribution in [1.29, 1.82) is 0 Å². The quantitative estimate of drug-likeness (QED) is 0.517. The molecule has 0 saturated carbocycles. The number of benzene rings is 2. The number of hydrogen-bond donors (Lipinski definition) is 2. The third kappa shape index (κ3) is 6.31. The predicted molar refractivity (Wildman–Crippen MR) is 143 cm³/mol. The fraction of sp³-hybridized carbons (Fsp3) is 0.481. The Labute approximate surface area is 219 Å². The van der Waals surface area contributed by atoms with E-state index in [1.165, 1.54) is 0 Å². The number of aliphatic hydroxyl groups is 1. The number of amides is 2. The molecule has 10 heteroatoms. The van der Waals surface area contributed by atoms with Crippen LogP contribution in [0.5, 0.6) is 0 Å². The standard InChI is InChI=1S/C27H36N4O5S/c1-4-31(5-2)27(34)21-8-6-7-20(15-21)25(17-30-12-11-23(32)16-30)29(3)26(33)14-19-9-10-22-18-37(35,36)28-24(22)13-19/h6-10,13,15,23,25,28,32H,4-5,11-12,14,16-18H2,1-3H3/t23-,25?/m0/s1.